The van der Waals surface area contributed by atoms with Crippen molar-refractivity contribution in [2.75, 3.05) is 11.9 Å². The summed E-state index contributed by atoms with van der Waals surface area (Å²) in [5.41, 5.74) is 1.50. The Kier molecular flexibility index (Phi) is 4.92. The Morgan fingerprint density at radius 1 is 1.35 bits per heavy atom. The van der Waals surface area contributed by atoms with E-state index in [0.29, 0.717) is 10.6 Å². The highest BCUT2D eigenvalue weighted by atomic mass is 79.9. The number of hydrogen-bond acceptors (Lipinski definition) is 4. The second-order valence-electron chi connectivity index (χ2n) is 4.07. The number of thiophene rings is 1. The number of carbonyl (C=O) groups excluding carboxylic acids is 2. The van der Waals surface area contributed by atoms with Crippen LogP contribution in [0.3, 0.4) is 0 Å². The van der Waals surface area contributed by atoms with Gasteiger partial charge in [-0.1, -0.05) is 22.0 Å². The van der Waals surface area contributed by atoms with Gasteiger partial charge >= 0.3 is 5.97 Å². The van der Waals surface area contributed by atoms with Gasteiger partial charge in [-0.3, -0.25) is 4.79 Å². The summed E-state index contributed by atoms with van der Waals surface area (Å²) >= 11 is 4.62. The van der Waals surface area contributed by atoms with Crippen molar-refractivity contribution >= 4 is 44.8 Å². The predicted octanol–water partition coefficient (Wildman–Crippen LogP) is 3.61. The fourth-order valence-electron chi connectivity index (χ4n) is 1.54. The van der Waals surface area contributed by atoms with Gasteiger partial charge in [-0.25, -0.2) is 4.79 Å². The fraction of sp³-hybridized carbons (Fsp3) is 0.143. The smallest absolute Gasteiger partial charge is 0.349 e. The van der Waals surface area contributed by atoms with E-state index in [1.165, 1.54) is 11.3 Å². The minimum Gasteiger partial charge on any atom is -0.451 e. The number of hydrogen-bond donors (Lipinski definition) is 1. The van der Waals surface area contributed by atoms with Gasteiger partial charge in [0.2, 0.25) is 0 Å². The molecule has 1 heterocycles. The number of ether oxygens (including phenoxy) is 1. The molecule has 0 aliphatic rings. The maximum absolute atomic E-state index is 11.7. The molecule has 0 aliphatic carbocycles. The van der Waals surface area contributed by atoms with Gasteiger partial charge in [0.15, 0.2) is 6.61 Å². The third-order valence-electron chi connectivity index (χ3n) is 2.49. The van der Waals surface area contributed by atoms with Crippen LogP contribution in [0.1, 0.15) is 15.2 Å². The normalized spacial score (nSPS) is 10.1. The zero-order valence-corrected chi connectivity index (χ0v) is 13.1. The van der Waals surface area contributed by atoms with Crippen LogP contribution in [-0.4, -0.2) is 18.5 Å². The van der Waals surface area contributed by atoms with Gasteiger partial charge < -0.3 is 10.1 Å². The van der Waals surface area contributed by atoms with Gasteiger partial charge in [-0.15, -0.1) is 11.3 Å². The zero-order valence-electron chi connectivity index (χ0n) is 10.7. The number of rotatable bonds is 4. The second kappa shape index (κ2) is 6.67. The molecule has 4 nitrogen and oxygen atoms in total. The minimum absolute atomic E-state index is 0.303. The first-order valence-electron chi connectivity index (χ1n) is 5.83. The van der Waals surface area contributed by atoms with E-state index in [-0.39, 0.29) is 12.5 Å². The SMILES string of the molecule is Cc1ccsc1C(=O)OCC(=O)Nc1cccc(Br)c1. The molecule has 0 radical (unpaired) electrons. The van der Waals surface area contributed by atoms with E-state index in [2.05, 4.69) is 21.2 Å². The van der Waals surface area contributed by atoms with Crippen LogP contribution < -0.4 is 5.32 Å². The molecule has 6 heteroatoms. The van der Waals surface area contributed by atoms with Crippen LogP contribution in [0.15, 0.2) is 40.2 Å². The van der Waals surface area contributed by atoms with Gasteiger partial charge in [0.05, 0.1) is 0 Å². The molecule has 1 aromatic heterocycles. The van der Waals surface area contributed by atoms with Gasteiger partial charge in [0.1, 0.15) is 4.88 Å². The third kappa shape index (κ3) is 3.91. The number of carbonyl (C=O) groups is 2. The predicted molar refractivity (Wildman–Crippen MR) is 82.1 cm³/mol. The first-order valence-corrected chi connectivity index (χ1v) is 7.50. The molecule has 20 heavy (non-hydrogen) atoms. The summed E-state index contributed by atoms with van der Waals surface area (Å²) in [6, 6.07) is 9.02. The van der Waals surface area contributed by atoms with Crippen LogP contribution in [0.25, 0.3) is 0 Å². The van der Waals surface area contributed by atoms with Crippen LogP contribution in [0.5, 0.6) is 0 Å². The summed E-state index contributed by atoms with van der Waals surface area (Å²) in [6.07, 6.45) is 0. The standard InChI is InChI=1S/C14H12BrNO3S/c1-9-5-6-20-13(9)14(18)19-8-12(17)16-11-4-2-3-10(15)7-11/h2-7H,8H2,1H3,(H,16,17). The van der Waals surface area contributed by atoms with Crippen LogP contribution >= 0.6 is 27.3 Å². The quantitative estimate of drug-likeness (QED) is 0.854. The van der Waals surface area contributed by atoms with Crippen molar-refractivity contribution in [3.8, 4) is 0 Å². The van der Waals surface area contributed by atoms with E-state index in [1.54, 1.807) is 18.2 Å². The number of aryl methyl sites for hydroxylation is 1. The van der Waals surface area contributed by atoms with E-state index in [0.717, 1.165) is 10.0 Å². The van der Waals surface area contributed by atoms with Crippen molar-refractivity contribution in [2.24, 2.45) is 0 Å². The minimum atomic E-state index is -0.470. The van der Waals surface area contributed by atoms with E-state index in [9.17, 15) is 9.59 Å². The number of esters is 1. The molecule has 0 saturated heterocycles. The molecule has 2 rings (SSSR count). The largest absolute Gasteiger partial charge is 0.451 e. The number of benzene rings is 1. The number of nitrogens with one attached hydrogen (secondary N) is 1. The maximum Gasteiger partial charge on any atom is 0.349 e. The molecule has 0 saturated carbocycles. The molecule has 0 unspecified atom stereocenters. The highest BCUT2D eigenvalue weighted by Gasteiger charge is 2.13. The Bertz CT molecular complexity index is 639. The van der Waals surface area contributed by atoms with Crippen LogP contribution in [0.4, 0.5) is 5.69 Å². The van der Waals surface area contributed by atoms with E-state index in [1.807, 2.05) is 24.4 Å². The Morgan fingerprint density at radius 2 is 2.15 bits per heavy atom. The van der Waals surface area contributed by atoms with Crippen molar-refractivity contribution in [1.29, 1.82) is 0 Å². The zero-order chi connectivity index (χ0) is 14.5. The van der Waals surface area contributed by atoms with Gasteiger partial charge in [-0.05, 0) is 42.1 Å². The fourth-order valence-corrected chi connectivity index (χ4v) is 2.76. The number of amides is 1. The molecule has 1 amide bonds. The molecule has 0 aliphatic heterocycles. The molecule has 0 atom stereocenters. The number of anilines is 1. The Morgan fingerprint density at radius 3 is 2.80 bits per heavy atom. The summed E-state index contributed by atoms with van der Waals surface area (Å²) in [5, 5.41) is 4.47. The van der Waals surface area contributed by atoms with E-state index >= 15 is 0 Å². The van der Waals surface area contributed by atoms with Gasteiger partial charge in [0.25, 0.3) is 5.91 Å². The summed E-state index contributed by atoms with van der Waals surface area (Å²) in [7, 11) is 0. The van der Waals surface area contributed by atoms with E-state index in [4.69, 9.17) is 4.74 Å². The molecule has 1 N–H and O–H groups in total. The summed E-state index contributed by atoms with van der Waals surface area (Å²) in [4.78, 5) is 23.9. The maximum atomic E-state index is 11.7. The third-order valence-corrected chi connectivity index (χ3v) is 3.98. The van der Waals surface area contributed by atoms with Crippen LogP contribution in [0.2, 0.25) is 0 Å². The number of halogens is 1. The lowest BCUT2D eigenvalue weighted by Crippen LogP contribution is -2.20. The monoisotopic (exact) mass is 353 g/mol. The van der Waals surface area contributed by atoms with Crippen molar-refractivity contribution in [3.63, 3.8) is 0 Å². The molecule has 0 spiro atoms. The lowest BCUT2D eigenvalue weighted by molar-refractivity contribution is -0.119. The van der Waals surface area contributed by atoms with Crippen molar-refractivity contribution < 1.29 is 14.3 Å². The highest BCUT2D eigenvalue weighted by molar-refractivity contribution is 9.10. The van der Waals surface area contributed by atoms with Crippen molar-refractivity contribution in [1.82, 2.24) is 0 Å². The molecular formula is C14H12BrNO3S. The lowest BCUT2D eigenvalue weighted by Gasteiger charge is -2.06. The molecule has 0 fully saturated rings. The molecular weight excluding hydrogens is 342 g/mol. The summed E-state index contributed by atoms with van der Waals surface area (Å²) < 4.78 is 5.84. The Hall–Kier alpha value is -1.66. The Labute approximate surface area is 128 Å². The first-order chi connectivity index (χ1) is 9.56. The van der Waals surface area contributed by atoms with Crippen LogP contribution in [0, 0.1) is 6.92 Å². The van der Waals surface area contributed by atoms with Crippen molar-refractivity contribution in [3.05, 3.63) is 50.6 Å². The molecule has 1 aromatic carbocycles. The average Bonchev–Trinajstić information content (AvgIpc) is 2.82. The molecule has 2 aromatic rings. The Balaban J connectivity index is 1.87. The van der Waals surface area contributed by atoms with E-state index < -0.39 is 5.97 Å². The summed E-state index contributed by atoms with van der Waals surface area (Å²) in [6.45, 7) is 1.53. The first kappa shape index (κ1) is 14.7. The second-order valence-corrected chi connectivity index (χ2v) is 5.90. The summed E-state index contributed by atoms with van der Waals surface area (Å²) in [5.74, 6) is -0.840. The van der Waals surface area contributed by atoms with Gasteiger partial charge in [-0.2, -0.15) is 0 Å². The van der Waals surface area contributed by atoms with Crippen molar-refractivity contribution in [2.45, 2.75) is 6.92 Å². The average molecular weight is 354 g/mol. The molecule has 104 valence electrons. The highest BCUT2D eigenvalue weighted by Crippen LogP contribution is 2.17. The topological polar surface area (TPSA) is 55.4 Å². The lowest BCUT2D eigenvalue weighted by atomic mass is 10.3. The van der Waals surface area contributed by atoms with Gasteiger partial charge in [0, 0.05) is 10.2 Å². The molecule has 0 bridgehead atoms. The van der Waals surface area contributed by atoms with Crippen LogP contribution in [-0.2, 0) is 9.53 Å².